The summed E-state index contributed by atoms with van der Waals surface area (Å²) in [6, 6.07) is 0. The molecule has 1 aliphatic rings. The van der Waals surface area contributed by atoms with E-state index in [4.69, 9.17) is 5.73 Å². The van der Waals surface area contributed by atoms with E-state index in [1.807, 2.05) is 0 Å². The van der Waals surface area contributed by atoms with Gasteiger partial charge in [0.25, 0.3) is 0 Å². The molecular formula is C12H24N2O3S. The van der Waals surface area contributed by atoms with E-state index < -0.39 is 9.84 Å². The van der Waals surface area contributed by atoms with Crippen molar-refractivity contribution < 1.29 is 13.2 Å². The Morgan fingerprint density at radius 1 is 1.22 bits per heavy atom. The molecule has 0 spiro atoms. The van der Waals surface area contributed by atoms with Crippen LogP contribution in [-0.4, -0.2) is 50.4 Å². The number of hydrogen-bond acceptors (Lipinski definition) is 4. The van der Waals surface area contributed by atoms with Crippen LogP contribution in [0.15, 0.2) is 0 Å². The maximum absolute atomic E-state index is 12.0. The molecular weight excluding hydrogens is 252 g/mol. The highest BCUT2D eigenvalue weighted by Crippen LogP contribution is 2.11. The third-order valence-corrected chi connectivity index (χ3v) is 5.01. The summed E-state index contributed by atoms with van der Waals surface area (Å²) in [6.07, 6.45) is 4.21. The third kappa shape index (κ3) is 5.35. The molecule has 1 atom stereocenters. The monoisotopic (exact) mass is 276 g/mol. The van der Waals surface area contributed by atoms with Crippen molar-refractivity contribution in [3.63, 3.8) is 0 Å². The van der Waals surface area contributed by atoms with Crippen molar-refractivity contribution in [3.8, 4) is 0 Å². The second-order valence-corrected chi connectivity index (χ2v) is 7.30. The molecule has 0 bridgehead atoms. The number of nitrogens with zero attached hydrogens (tertiary/aromatic N) is 1. The summed E-state index contributed by atoms with van der Waals surface area (Å²) < 4.78 is 23.7. The molecule has 1 amide bonds. The molecule has 1 rings (SSSR count). The first-order valence-electron chi connectivity index (χ1n) is 6.63. The van der Waals surface area contributed by atoms with Crippen LogP contribution in [0.2, 0.25) is 0 Å². The van der Waals surface area contributed by atoms with Gasteiger partial charge in [-0.05, 0) is 25.3 Å². The van der Waals surface area contributed by atoms with Gasteiger partial charge >= 0.3 is 0 Å². The van der Waals surface area contributed by atoms with Crippen LogP contribution in [0.3, 0.4) is 0 Å². The van der Waals surface area contributed by atoms with Crippen molar-refractivity contribution in [2.45, 2.75) is 32.6 Å². The summed E-state index contributed by atoms with van der Waals surface area (Å²) >= 11 is 0. The Kier molecular flexibility index (Phi) is 6.08. The van der Waals surface area contributed by atoms with Gasteiger partial charge in [-0.3, -0.25) is 4.79 Å². The van der Waals surface area contributed by atoms with Crippen LogP contribution in [0, 0.1) is 5.92 Å². The average Bonchev–Trinajstić information content (AvgIpc) is 2.55. The fraction of sp³-hybridized carbons (Fsp3) is 0.917. The zero-order valence-corrected chi connectivity index (χ0v) is 11.9. The van der Waals surface area contributed by atoms with Gasteiger partial charge in [0, 0.05) is 13.1 Å². The summed E-state index contributed by atoms with van der Waals surface area (Å²) in [7, 11) is -3.32. The molecule has 0 saturated carbocycles. The van der Waals surface area contributed by atoms with Crippen LogP contribution in [0.1, 0.15) is 32.6 Å². The molecule has 18 heavy (non-hydrogen) atoms. The predicted octanol–water partition coefficient (Wildman–Crippen LogP) is 0.399. The summed E-state index contributed by atoms with van der Waals surface area (Å²) in [5.74, 6) is -0.700. The van der Waals surface area contributed by atoms with E-state index in [1.54, 1.807) is 11.8 Å². The van der Waals surface area contributed by atoms with Crippen LogP contribution in [0.25, 0.3) is 0 Å². The minimum Gasteiger partial charge on any atom is -0.342 e. The first-order chi connectivity index (χ1) is 8.44. The molecule has 0 radical (unpaired) electrons. The van der Waals surface area contributed by atoms with Gasteiger partial charge in [0.15, 0.2) is 9.84 Å². The van der Waals surface area contributed by atoms with Gasteiger partial charge in [-0.15, -0.1) is 0 Å². The Morgan fingerprint density at radius 3 is 2.28 bits per heavy atom. The average molecular weight is 276 g/mol. The lowest BCUT2D eigenvalue weighted by Crippen LogP contribution is -2.37. The molecule has 6 heteroatoms. The van der Waals surface area contributed by atoms with Gasteiger partial charge in [-0.1, -0.05) is 19.8 Å². The fourth-order valence-electron chi connectivity index (χ4n) is 2.16. The molecule has 2 N–H and O–H groups in total. The molecule has 1 heterocycles. The molecule has 0 aromatic carbocycles. The molecule has 1 aliphatic heterocycles. The van der Waals surface area contributed by atoms with Crippen LogP contribution in [0.4, 0.5) is 0 Å². The zero-order valence-electron chi connectivity index (χ0n) is 11.1. The van der Waals surface area contributed by atoms with E-state index in [1.165, 1.54) is 0 Å². The molecule has 1 unspecified atom stereocenters. The number of rotatable bonds is 5. The van der Waals surface area contributed by atoms with Gasteiger partial charge in [0.2, 0.25) is 5.91 Å². The smallest absolute Gasteiger partial charge is 0.237 e. The van der Waals surface area contributed by atoms with Crippen LogP contribution in [-0.2, 0) is 14.6 Å². The maximum atomic E-state index is 12.0. The molecule has 0 aromatic rings. The van der Waals surface area contributed by atoms with Gasteiger partial charge in [0.05, 0.1) is 5.75 Å². The summed E-state index contributed by atoms with van der Waals surface area (Å²) in [4.78, 5) is 13.6. The van der Waals surface area contributed by atoms with E-state index >= 15 is 0 Å². The topological polar surface area (TPSA) is 80.5 Å². The van der Waals surface area contributed by atoms with Crippen molar-refractivity contribution >= 4 is 15.7 Å². The van der Waals surface area contributed by atoms with Crippen LogP contribution >= 0.6 is 0 Å². The Balaban J connectivity index is 2.51. The highest BCUT2D eigenvalue weighted by atomic mass is 32.2. The largest absolute Gasteiger partial charge is 0.342 e. The van der Waals surface area contributed by atoms with Crippen molar-refractivity contribution in [1.82, 2.24) is 4.90 Å². The first kappa shape index (κ1) is 15.4. The second-order valence-electron chi connectivity index (χ2n) is 5.19. The minimum absolute atomic E-state index is 0.00306. The Bertz CT molecular complexity index is 360. The second kappa shape index (κ2) is 7.09. The quantitative estimate of drug-likeness (QED) is 0.788. The van der Waals surface area contributed by atoms with Crippen molar-refractivity contribution in [3.05, 3.63) is 0 Å². The molecule has 0 aliphatic carbocycles. The molecule has 0 aromatic heterocycles. The van der Waals surface area contributed by atoms with Crippen LogP contribution < -0.4 is 5.73 Å². The highest BCUT2D eigenvalue weighted by molar-refractivity contribution is 7.92. The Labute approximate surface area is 110 Å². The number of carbonyl (C=O) groups excluding carboxylic acids is 1. The number of hydrogen-bond donors (Lipinski definition) is 1. The van der Waals surface area contributed by atoms with Gasteiger partial charge in [-0.25, -0.2) is 8.42 Å². The van der Waals surface area contributed by atoms with Gasteiger partial charge in [0.1, 0.15) is 5.75 Å². The Hall–Kier alpha value is -0.620. The van der Waals surface area contributed by atoms with Gasteiger partial charge < -0.3 is 10.6 Å². The Morgan fingerprint density at radius 2 is 1.78 bits per heavy atom. The first-order valence-corrected chi connectivity index (χ1v) is 8.45. The lowest BCUT2D eigenvalue weighted by Gasteiger charge is -2.20. The van der Waals surface area contributed by atoms with Crippen molar-refractivity contribution in [2.24, 2.45) is 11.7 Å². The zero-order chi connectivity index (χ0) is 13.6. The number of nitrogens with two attached hydrogens (primary N) is 1. The van der Waals surface area contributed by atoms with Gasteiger partial charge in [-0.2, -0.15) is 0 Å². The van der Waals surface area contributed by atoms with Crippen molar-refractivity contribution in [2.75, 3.05) is 31.1 Å². The van der Waals surface area contributed by atoms with E-state index in [9.17, 15) is 13.2 Å². The highest BCUT2D eigenvalue weighted by Gasteiger charge is 2.23. The molecule has 1 fully saturated rings. The van der Waals surface area contributed by atoms with E-state index in [2.05, 4.69) is 0 Å². The maximum Gasteiger partial charge on any atom is 0.237 e. The summed E-state index contributed by atoms with van der Waals surface area (Å²) in [5.41, 5.74) is 5.41. The SMILES string of the molecule is CC(CN)CS(=O)(=O)CC(=O)N1CCCCCC1. The summed E-state index contributed by atoms with van der Waals surface area (Å²) in [6.45, 7) is 3.51. The van der Waals surface area contributed by atoms with Crippen molar-refractivity contribution in [1.29, 1.82) is 0 Å². The standard InChI is InChI=1S/C12H24N2O3S/c1-11(8-13)9-18(16,17)10-12(15)14-6-4-2-3-5-7-14/h11H,2-10,13H2,1H3. The number of amides is 1. The molecule has 1 saturated heterocycles. The summed E-state index contributed by atoms with van der Waals surface area (Å²) in [5, 5.41) is 0. The molecule has 106 valence electrons. The van der Waals surface area contributed by atoms with Crippen LogP contribution in [0.5, 0.6) is 0 Å². The number of sulfone groups is 1. The van der Waals surface area contributed by atoms with E-state index in [-0.39, 0.29) is 23.3 Å². The lowest BCUT2D eigenvalue weighted by molar-refractivity contribution is -0.128. The minimum atomic E-state index is -3.32. The predicted molar refractivity (Wildman–Crippen MR) is 71.9 cm³/mol. The van der Waals surface area contributed by atoms with E-state index in [0.29, 0.717) is 19.6 Å². The third-order valence-electron chi connectivity index (χ3n) is 3.24. The molecule has 5 nitrogen and oxygen atoms in total. The van der Waals surface area contributed by atoms with E-state index in [0.717, 1.165) is 25.7 Å². The fourth-order valence-corrected chi connectivity index (χ4v) is 3.84. The number of likely N-dealkylation sites (tertiary alicyclic amines) is 1. The lowest BCUT2D eigenvalue weighted by atomic mass is 10.2. The normalized spacial score (nSPS) is 19.3. The number of carbonyl (C=O) groups is 1.